The second-order valence-electron chi connectivity index (χ2n) is 6.68. The Kier molecular flexibility index (Phi) is 3.63. The highest BCUT2D eigenvalue weighted by Gasteiger charge is 2.32. The van der Waals surface area contributed by atoms with E-state index < -0.39 is 0 Å². The number of para-hydroxylation sites is 1. The molecule has 3 rings (SSSR count). The van der Waals surface area contributed by atoms with Crippen molar-refractivity contribution < 1.29 is 14.6 Å². The molecule has 2 aliphatic rings. The number of benzene rings is 1. The van der Waals surface area contributed by atoms with Crippen LogP contribution in [0.2, 0.25) is 0 Å². The Morgan fingerprint density at radius 1 is 1.35 bits per heavy atom. The Labute approximate surface area is 120 Å². The van der Waals surface area contributed by atoms with Crippen molar-refractivity contribution in [3.8, 4) is 11.5 Å². The molecule has 1 fully saturated rings. The van der Waals surface area contributed by atoms with Crippen LogP contribution in [0.15, 0.2) is 18.2 Å². The van der Waals surface area contributed by atoms with Crippen LogP contribution in [-0.4, -0.2) is 23.4 Å². The zero-order valence-electron chi connectivity index (χ0n) is 12.4. The molecular weight excluding hydrogens is 252 g/mol. The molecule has 1 aliphatic carbocycles. The topological polar surface area (TPSA) is 38.7 Å². The summed E-state index contributed by atoms with van der Waals surface area (Å²) in [7, 11) is 0. The molecule has 0 saturated heterocycles. The van der Waals surface area contributed by atoms with Crippen LogP contribution in [0.4, 0.5) is 0 Å². The predicted molar refractivity (Wildman–Crippen MR) is 78.3 cm³/mol. The Morgan fingerprint density at radius 2 is 2.20 bits per heavy atom. The number of hydrogen-bond donors (Lipinski definition) is 1. The number of hydrogen-bond acceptors (Lipinski definition) is 3. The first-order valence-corrected chi connectivity index (χ1v) is 7.67. The lowest BCUT2D eigenvalue weighted by atomic mass is 10.0. The van der Waals surface area contributed by atoms with Crippen molar-refractivity contribution in [2.75, 3.05) is 6.61 Å². The van der Waals surface area contributed by atoms with Gasteiger partial charge in [0.2, 0.25) is 0 Å². The van der Waals surface area contributed by atoms with Crippen LogP contribution >= 0.6 is 0 Å². The minimum Gasteiger partial charge on any atom is -0.490 e. The molecule has 2 atom stereocenters. The first-order valence-electron chi connectivity index (χ1n) is 7.67. The molecule has 0 amide bonds. The Hall–Kier alpha value is -1.22. The van der Waals surface area contributed by atoms with E-state index in [0.717, 1.165) is 43.6 Å². The second kappa shape index (κ2) is 5.28. The summed E-state index contributed by atoms with van der Waals surface area (Å²) in [4.78, 5) is 0. The largest absolute Gasteiger partial charge is 0.490 e. The van der Waals surface area contributed by atoms with Crippen LogP contribution in [-0.2, 0) is 6.42 Å². The maximum atomic E-state index is 9.83. The smallest absolute Gasteiger partial charge is 0.165 e. The highest BCUT2D eigenvalue weighted by atomic mass is 16.5. The summed E-state index contributed by atoms with van der Waals surface area (Å²) in [6.07, 6.45) is 4.94. The van der Waals surface area contributed by atoms with Crippen molar-refractivity contribution in [3.05, 3.63) is 23.8 Å². The van der Waals surface area contributed by atoms with Crippen LogP contribution in [0.1, 0.15) is 45.1 Å². The van der Waals surface area contributed by atoms with Crippen LogP contribution in [0, 0.1) is 5.92 Å². The number of fused-ring (bicyclic) bond motifs is 1. The van der Waals surface area contributed by atoms with Gasteiger partial charge < -0.3 is 14.6 Å². The minimum absolute atomic E-state index is 0.129. The molecule has 0 bridgehead atoms. The standard InChI is InChI=1S/C17H24O3/c1-17(2)11-13-6-4-8-15(16(13)20-17)19-10-9-12-5-3-7-14(12)18/h4,6,8,12,14,18H,3,5,7,9-11H2,1-2H3. The third-order valence-corrected chi connectivity index (χ3v) is 4.42. The fourth-order valence-electron chi connectivity index (χ4n) is 3.38. The summed E-state index contributed by atoms with van der Waals surface area (Å²) < 4.78 is 11.9. The molecule has 1 saturated carbocycles. The summed E-state index contributed by atoms with van der Waals surface area (Å²) in [6.45, 7) is 4.86. The SMILES string of the molecule is CC1(C)Cc2cccc(OCCC3CCCC3O)c2O1. The van der Waals surface area contributed by atoms with Gasteiger partial charge in [-0.05, 0) is 45.1 Å². The first kappa shape index (κ1) is 13.7. The van der Waals surface area contributed by atoms with Gasteiger partial charge in [0.25, 0.3) is 0 Å². The molecule has 0 spiro atoms. The number of aliphatic hydroxyl groups is 1. The summed E-state index contributed by atoms with van der Waals surface area (Å²) in [5.41, 5.74) is 1.09. The number of ether oxygens (including phenoxy) is 2. The minimum atomic E-state index is -0.135. The zero-order valence-corrected chi connectivity index (χ0v) is 12.4. The van der Waals surface area contributed by atoms with E-state index in [1.807, 2.05) is 12.1 Å². The maximum absolute atomic E-state index is 9.83. The van der Waals surface area contributed by atoms with Crippen molar-refractivity contribution in [1.29, 1.82) is 0 Å². The van der Waals surface area contributed by atoms with Gasteiger partial charge in [0.05, 0.1) is 12.7 Å². The van der Waals surface area contributed by atoms with Crippen molar-refractivity contribution in [2.24, 2.45) is 5.92 Å². The molecule has 3 nitrogen and oxygen atoms in total. The van der Waals surface area contributed by atoms with Crippen molar-refractivity contribution in [2.45, 2.75) is 57.7 Å². The average molecular weight is 276 g/mol. The molecule has 1 heterocycles. The van der Waals surface area contributed by atoms with Gasteiger partial charge in [0, 0.05) is 12.0 Å². The van der Waals surface area contributed by atoms with E-state index in [1.165, 1.54) is 5.56 Å². The van der Waals surface area contributed by atoms with Crippen molar-refractivity contribution in [1.82, 2.24) is 0 Å². The molecule has 1 N–H and O–H groups in total. The highest BCUT2D eigenvalue weighted by molar-refractivity contribution is 5.50. The van der Waals surface area contributed by atoms with Gasteiger partial charge in [-0.15, -0.1) is 0 Å². The molecule has 1 aromatic rings. The molecule has 110 valence electrons. The molecular formula is C17H24O3. The lowest BCUT2D eigenvalue weighted by Crippen LogP contribution is -2.24. The molecule has 1 aliphatic heterocycles. The summed E-state index contributed by atoms with van der Waals surface area (Å²) in [6, 6.07) is 6.12. The van der Waals surface area contributed by atoms with E-state index in [1.54, 1.807) is 0 Å². The fourth-order valence-corrected chi connectivity index (χ4v) is 3.38. The summed E-state index contributed by atoms with van der Waals surface area (Å²) >= 11 is 0. The van der Waals surface area contributed by atoms with Crippen LogP contribution in [0.25, 0.3) is 0 Å². The Morgan fingerprint density at radius 3 is 2.95 bits per heavy atom. The molecule has 0 aromatic heterocycles. The normalized spacial score (nSPS) is 27.1. The molecule has 20 heavy (non-hydrogen) atoms. The van der Waals surface area contributed by atoms with E-state index in [9.17, 15) is 5.11 Å². The molecule has 3 heteroatoms. The lowest BCUT2D eigenvalue weighted by Gasteiger charge is -2.19. The van der Waals surface area contributed by atoms with Gasteiger partial charge >= 0.3 is 0 Å². The lowest BCUT2D eigenvalue weighted by molar-refractivity contribution is 0.112. The third-order valence-electron chi connectivity index (χ3n) is 4.42. The van der Waals surface area contributed by atoms with E-state index in [2.05, 4.69) is 19.9 Å². The van der Waals surface area contributed by atoms with Gasteiger partial charge in [0.1, 0.15) is 5.60 Å². The third kappa shape index (κ3) is 2.78. The highest BCUT2D eigenvalue weighted by Crippen LogP contribution is 2.42. The first-order chi connectivity index (χ1) is 9.55. The van der Waals surface area contributed by atoms with E-state index in [0.29, 0.717) is 12.5 Å². The maximum Gasteiger partial charge on any atom is 0.165 e. The van der Waals surface area contributed by atoms with E-state index in [4.69, 9.17) is 9.47 Å². The van der Waals surface area contributed by atoms with Gasteiger partial charge in [-0.1, -0.05) is 18.6 Å². The summed E-state index contributed by atoms with van der Waals surface area (Å²) in [5.74, 6) is 2.16. The Bertz CT molecular complexity index is 481. The summed E-state index contributed by atoms with van der Waals surface area (Å²) in [5, 5.41) is 9.83. The van der Waals surface area contributed by atoms with Gasteiger partial charge in [-0.2, -0.15) is 0 Å². The Balaban J connectivity index is 1.60. The van der Waals surface area contributed by atoms with E-state index in [-0.39, 0.29) is 11.7 Å². The molecule has 0 radical (unpaired) electrons. The predicted octanol–water partition coefficient (Wildman–Crippen LogP) is 3.33. The average Bonchev–Trinajstić information content (AvgIpc) is 2.92. The number of rotatable bonds is 4. The molecule has 1 aromatic carbocycles. The van der Waals surface area contributed by atoms with Gasteiger partial charge in [-0.3, -0.25) is 0 Å². The van der Waals surface area contributed by atoms with Crippen LogP contribution in [0.3, 0.4) is 0 Å². The van der Waals surface area contributed by atoms with Crippen LogP contribution < -0.4 is 9.47 Å². The van der Waals surface area contributed by atoms with Gasteiger partial charge in [0.15, 0.2) is 11.5 Å². The zero-order chi connectivity index (χ0) is 14.2. The monoisotopic (exact) mass is 276 g/mol. The fraction of sp³-hybridized carbons (Fsp3) is 0.647. The van der Waals surface area contributed by atoms with Crippen molar-refractivity contribution >= 4 is 0 Å². The second-order valence-corrected chi connectivity index (χ2v) is 6.68. The van der Waals surface area contributed by atoms with E-state index >= 15 is 0 Å². The van der Waals surface area contributed by atoms with Crippen LogP contribution in [0.5, 0.6) is 11.5 Å². The van der Waals surface area contributed by atoms with Crippen molar-refractivity contribution in [3.63, 3.8) is 0 Å². The molecule has 2 unspecified atom stereocenters. The number of aliphatic hydroxyl groups excluding tert-OH is 1. The van der Waals surface area contributed by atoms with Gasteiger partial charge in [-0.25, -0.2) is 0 Å². The quantitative estimate of drug-likeness (QED) is 0.916.